The predicted octanol–water partition coefficient (Wildman–Crippen LogP) is -7.43. The summed E-state index contributed by atoms with van der Waals surface area (Å²) in [4.78, 5) is 31.8. The first-order valence-corrected chi connectivity index (χ1v) is 2.57. The van der Waals surface area contributed by atoms with E-state index in [0.29, 0.717) is 0 Å². The number of hydrogen-bond donors (Lipinski definition) is 2. The average molecular weight is 158 g/mol. The summed E-state index contributed by atoms with van der Waals surface area (Å²) in [5.74, 6) is 0. The smallest absolute Gasteiger partial charge is 0.870 e. The van der Waals surface area contributed by atoms with Crippen LogP contribution >= 0.6 is 0 Å². The fraction of sp³-hybridized carbons (Fsp3) is 0. The Morgan fingerprint density at radius 1 is 1.12 bits per heavy atom. The SMILES string of the molecule is [Mg+2].[Na+].[O-][Si]([O-])(O)O.[OH-]. The van der Waals surface area contributed by atoms with E-state index in [2.05, 4.69) is 0 Å². The first-order valence-electron chi connectivity index (χ1n) is 0.855. The zero-order chi connectivity index (χ0) is 4.50. The molecule has 0 spiro atoms. The molecule has 0 atom stereocenters. The molecule has 0 bridgehead atoms. The number of rotatable bonds is 0. The van der Waals surface area contributed by atoms with Crippen LogP contribution < -0.4 is 39.1 Å². The van der Waals surface area contributed by atoms with Crippen molar-refractivity contribution in [1.82, 2.24) is 0 Å². The van der Waals surface area contributed by atoms with Crippen molar-refractivity contribution in [3.8, 4) is 0 Å². The number of hydrogen-bond acceptors (Lipinski definition) is 5. The first kappa shape index (κ1) is 22.6. The fourth-order valence-corrected chi connectivity index (χ4v) is 0. The van der Waals surface area contributed by atoms with Gasteiger partial charge < -0.3 is 24.7 Å². The Labute approximate surface area is 85.6 Å². The quantitative estimate of drug-likeness (QED) is 0.340. The van der Waals surface area contributed by atoms with Crippen LogP contribution in [0.1, 0.15) is 0 Å². The van der Waals surface area contributed by atoms with Gasteiger partial charge in [-0.15, -0.1) is 0 Å². The molecule has 0 aliphatic heterocycles. The molecule has 0 fully saturated rings. The molecule has 0 unspecified atom stereocenters. The third-order valence-electron chi connectivity index (χ3n) is 0. The summed E-state index contributed by atoms with van der Waals surface area (Å²) in [5, 5.41) is 0. The second-order valence-electron chi connectivity index (χ2n) is 0.548. The van der Waals surface area contributed by atoms with E-state index in [-0.39, 0.29) is 58.1 Å². The van der Waals surface area contributed by atoms with Gasteiger partial charge in [0.25, 0.3) is 0 Å². The van der Waals surface area contributed by atoms with Gasteiger partial charge in [0.2, 0.25) is 0 Å². The van der Waals surface area contributed by atoms with Crippen molar-refractivity contribution in [2.45, 2.75) is 0 Å². The molecule has 0 saturated heterocycles. The van der Waals surface area contributed by atoms with Crippen molar-refractivity contribution in [3.63, 3.8) is 0 Å². The molecular formula is H3MgNaO5Si. The molecule has 0 saturated carbocycles. The minimum Gasteiger partial charge on any atom is -0.870 e. The molecule has 0 aromatic heterocycles. The van der Waals surface area contributed by atoms with Gasteiger partial charge in [-0.25, -0.2) is 0 Å². The Morgan fingerprint density at radius 2 is 1.12 bits per heavy atom. The Hall–Kier alpha value is 1.78. The summed E-state index contributed by atoms with van der Waals surface area (Å²) in [5.41, 5.74) is 0. The van der Waals surface area contributed by atoms with E-state index in [4.69, 9.17) is 19.2 Å². The monoisotopic (exact) mass is 158 g/mol. The van der Waals surface area contributed by atoms with Gasteiger partial charge in [0.15, 0.2) is 0 Å². The largest absolute Gasteiger partial charge is 2.00 e. The Kier molecular flexibility index (Phi) is 24.8. The van der Waals surface area contributed by atoms with Gasteiger partial charge in [-0.2, -0.15) is 0 Å². The molecule has 0 aromatic rings. The van der Waals surface area contributed by atoms with Crippen LogP contribution in [-0.4, -0.2) is 47.2 Å². The van der Waals surface area contributed by atoms with Crippen LogP contribution in [0.25, 0.3) is 0 Å². The van der Waals surface area contributed by atoms with Gasteiger partial charge in [0, 0.05) is 0 Å². The van der Waals surface area contributed by atoms with E-state index in [1.807, 2.05) is 0 Å². The van der Waals surface area contributed by atoms with Crippen molar-refractivity contribution in [3.05, 3.63) is 0 Å². The molecule has 0 amide bonds. The minimum atomic E-state index is -5.11. The summed E-state index contributed by atoms with van der Waals surface area (Å²) in [6, 6.07) is 0. The maximum atomic E-state index is 8.80. The van der Waals surface area contributed by atoms with E-state index in [0.717, 1.165) is 0 Å². The van der Waals surface area contributed by atoms with Crippen LogP contribution in [0.2, 0.25) is 0 Å². The second-order valence-corrected chi connectivity index (χ2v) is 1.65. The van der Waals surface area contributed by atoms with Crippen molar-refractivity contribution in [1.29, 1.82) is 0 Å². The normalized spacial score (nSPS) is 7.50. The zero-order valence-corrected chi connectivity index (χ0v) is 8.78. The van der Waals surface area contributed by atoms with Crippen molar-refractivity contribution in [2.75, 3.05) is 0 Å². The predicted molar refractivity (Wildman–Crippen MR) is 17.9 cm³/mol. The average Bonchev–Trinajstić information content (AvgIpc) is 0.722. The van der Waals surface area contributed by atoms with Gasteiger partial charge in [-0.05, 0) is 0 Å². The summed E-state index contributed by atoms with van der Waals surface area (Å²) < 4.78 is 0. The summed E-state index contributed by atoms with van der Waals surface area (Å²) >= 11 is 0. The molecule has 0 aromatic carbocycles. The fourth-order valence-electron chi connectivity index (χ4n) is 0. The molecule has 3 N–H and O–H groups in total. The van der Waals surface area contributed by atoms with E-state index in [1.165, 1.54) is 0 Å². The molecule has 0 heterocycles. The van der Waals surface area contributed by atoms with Gasteiger partial charge >= 0.3 is 52.6 Å². The molecule has 5 nitrogen and oxygen atoms in total. The Balaban J connectivity index is -0.0000000267. The van der Waals surface area contributed by atoms with E-state index >= 15 is 0 Å². The van der Waals surface area contributed by atoms with E-state index in [9.17, 15) is 0 Å². The van der Waals surface area contributed by atoms with Crippen LogP contribution in [0.15, 0.2) is 0 Å². The van der Waals surface area contributed by atoms with Crippen LogP contribution in [0.4, 0.5) is 0 Å². The van der Waals surface area contributed by atoms with Gasteiger partial charge in [-0.1, -0.05) is 0 Å². The maximum absolute atomic E-state index is 8.80. The second kappa shape index (κ2) is 8.78. The van der Waals surface area contributed by atoms with Crippen molar-refractivity contribution < 1.29 is 54.2 Å². The van der Waals surface area contributed by atoms with Crippen LogP contribution in [0, 0.1) is 0 Å². The first-order chi connectivity index (χ1) is 2.00. The molecule has 0 aliphatic carbocycles. The van der Waals surface area contributed by atoms with Gasteiger partial charge in [0.1, 0.15) is 9.05 Å². The van der Waals surface area contributed by atoms with Crippen LogP contribution in [0.3, 0.4) is 0 Å². The molecule has 40 valence electrons. The van der Waals surface area contributed by atoms with Crippen molar-refractivity contribution in [2.24, 2.45) is 0 Å². The Bertz CT molecular complexity index is 27.9. The topological polar surface area (TPSA) is 117 Å². The zero-order valence-electron chi connectivity index (χ0n) is 4.37. The molecule has 0 aliphatic rings. The molecule has 0 rings (SSSR count). The molecular weight excluding hydrogens is 155 g/mol. The van der Waals surface area contributed by atoms with Gasteiger partial charge in [-0.3, -0.25) is 0 Å². The molecule has 8 heteroatoms. The maximum Gasteiger partial charge on any atom is 2.00 e. The third kappa shape index (κ3) is 113. The summed E-state index contributed by atoms with van der Waals surface area (Å²) in [7, 11) is -5.11. The summed E-state index contributed by atoms with van der Waals surface area (Å²) in [6.07, 6.45) is 0. The van der Waals surface area contributed by atoms with Crippen LogP contribution in [0.5, 0.6) is 0 Å². The van der Waals surface area contributed by atoms with Crippen LogP contribution in [-0.2, 0) is 0 Å². The van der Waals surface area contributed by atoms with E-state index in [1.54, 1.807) is 0 Å². The van der Waals surface area contributed by atoms with E-state index < -0.39 is 9.05 Å². The summed E-state index contributed by atoms with van der Waals surface area (Å²) in [6.45, 7) is 0. The van der Waals surface area contributed by atoms with Gasteiger partial charge in [0.05, 0.1) is 0 Å². The molecule has 8 heavy (non-hydrogen) atoms. The molecule has 0 radical (unpaired) electrons. The minimum absolute atomic E-state index is 0. The third-order valence-corrected chi connectivity index (χ3v) is 0. The standard InChI is InChI=1S/Mg.Na.H2O4Si.H2O/c;;1-5(2,3)4;/h;;1-2H;1H2/q+2;+1;-2;/p-1. The Morgan fingerprint density at radius 3 is 1.12 bits per heavy atom. The van der Waals surface area contributed by atoms with Crippen molar-refractivity contribution >= 4 is 32.1 Å².